The average molecular weight is 433 g/mol. The monoisotopic (exact) mass is 432 g/mol. The fourth-order valence-corrected chi connectivity index (χ4v) is 4.73. The molecule has 1 atom stereocenters. The molecule has 0 saturated heterocycles. The molecule has 2 aromatic carbocycles. The number of para-hydroxylation sites is 1. The van der Waals surface area contributed by atoms with Crippen molar-refractivity contribution < 1.29 is 0 Å². The van der Waals surface area contributed by atoms with E-state index >= 15 is 0 Å². The fourth-order valence-electron chi connectivity index (χ4n) is 3.72. The summed E-state index contributed by atoms with van der Waals surface area (Å²) in [5, 5.41) is 2.14. The molecule has 0 bridgehead atoms. The molecule has 160 valence electrons. The zero-order valence-corrected chi connectivity index (χ0v) is 19.5. The number of nitrogens with zero attached hydrogens (tertiary/aromatic N) is 4. The van der Waals surface area contributed by atoms with Crippen molar-refractivity contribution in [3.8, 4) is 16.9 Å². The lowest BCUT2D eigenvalue weighted by molar-refractivity contribution is 0.524. The van der Waals surface area contributed by atoms with Crippen LogP contribution in [0.4, 0.5) is 5.69 Å². The van der Waals surface area contributed by atoms with E-state index in [1.54, 1.807) is 16.0 Å². The minimum atomic E-state index is -0.104. The van der Waals surface area contributed by atoms with Crippen molar-refractivity contribution in [2.24, 2.45) is 12.0 Å². The van der Waals surface area contributed by atoms with Crippen molar-refractivity contribution in [1.82, 2.24) is 13.9 Å². The standard InChI is InChI=1S/C25H28N4OS/c1-6-18(3)28-22(20-14-12-17(2)13-15-20)16-31-25(28)26-23-19(4)27(5)29(24(23)30)21-10-8-7-9-11-21/h7-16,18H,6H2,1-5H3. The first kappa shape index (κ1) is 21.1. The number of thiazole rings is 1. The maximum absolute atomic E-state index is 13.3. The van der Waals surface area contributed by atoms with E-state index in [1.807, 2.05) is 49.0 Å². The summed E-state index contributed by atoms with van der Waals surface area (Å²) in [5.41, 5.74) is 5.59. The molecule has 6 heteroatoms. The lowest BCUT2D eigenvalue weighted by Gasteiger charge is -2.15. The molecule has 31 heavy (non-hydrogen) atoms. The van der Waals surface area contributed by atoms with Crippen LogP contribution in [0.5, 0.6) is 0 Å². The van der Waals surface area contributed by atoms with Crippen molar-refractivity contribution in [3.05, 3.63) is 86.4 Å². The van der Waals surface area contributed by atoms with Crippen LogP contribution in [0.3, 0.4) is 0 Å². The van der Waals surface area contributed by atoms with Gasteiger partial charge in [-0.2, -0.15) is 0 Å². The first-order valence-electron chi connectivity index (χ1n) is 10.6. The van der Waals surface area contributed by atoms with Gasteiger partial charge in [-0.25, -0.2) is 9.67 Å². The highest BCUT2D eigenvalue weighted by Gasteiger charge is 2.18. The Balaban J connectivity index is 1.92. The zero-order valence-electron chi connectivity index (χ0n) is 18.7. The molecular formula is C25H28N4OS. The second-order valence-electron chi connectivity index (χ2n) is 7.92. The molecule has 0 amide bonds. The van der Waals surface area contributed by atoms with Crippen LogP contribution in [0.25, 0.3) is 16.9 Å². The van der Waals surface area contributed by atoms with Crippen LogP contribution in [-0.2, 0) is 7.05 Å². The largest absolute Gasteiger partial charge is 0.314 e. The van der Waals surface area contributed by atoms with E-state index in [0.29, 0.717) is 5.69 Å². The van der Waals surface area contributed by atoms with Gasteiger partial charge < -0.3 is 4.57 Å². The predicted molar refractivity (Wildman–Crippen MR) is 128 cm³/mol. The quantitative estimate of drug-likeness (QED) is 0.409. The molecule has 4 rings (SSSR count). The molecule has 0 fully saturated rings. The van der Waals surface area contributed by atoms with E-state index in [1.165, 1.54) is 5.56 Å². The van der Waals surface area contributed by atoms with Gasteiger partial charge in [-0.05, 0) is 44.9 Å². The normalized spacial score (nSPS) is 13.0. The van der Waals surface area contributed by atoms with E-state index in [2.05, 4.69) is 55.0 Å². The summed E-state index contributed by atoms with van der Waals surface area (Å²) in [7, 11) is 1.90. The Morgan fingerprint density at radius 3 is 2.35 bits per heavy atom. The van der Waals surface area contributed by atoms with Crippen LogP contribution in [0.1, 0.15) is 37.6 Å². The molecule has 2 aromatic heterocycles. The molecule has 2 heterocycles. The van der Waals surface area contributed by atoms with Crippen LogP contribution in [0.15, 0.2) is 69.8 Å². The maximum atomic E-state index is 13.3. The molecule has 0 spiro atoms. The number of aryl methyl sites for hydroxylation is 1. The third kappa shape index (κ3) is 3.83. The Labute approximate surface area is 186 Å². The average Bonchev–Trinajstić information content (AvgIpc) is 3.29. The van der Waals surface area contributed by atoms with E-state index in [-0.39, 0.29) is 11.6 Å². The Morgan fingerprint density at radius 1 is 1.03 bits per heavy atom. The molecule has 0 radical (unpaired) electrons. The Morgan fingerprint density at radius 2 is 1.71 bits per heavy atom. The summed E-state index contributed by atoms with van der Waals surface area (Å²) in [6, 6.07) is 18.5. The van der Waals surface area contributed by atoms with E-state index < -0.39 is 0 Å². The van der Waals surface area contributed by atoms with Crippen molar-refractivity contribution in [3.63, 3.8) is 0 Å². The number of hydrogen-bond donors (Lipinski definition) is 0. The molecule has 0 aliphatic heterocycles. The molecule has 1 unspecified atom stereocenters. The first-order chi connectivity index (χ1) is 14.9. The van der Waals surface area contributed by atoms with Gasteiger partial charge in [0.05, 0.1) is 17.1 Å². The zero-order chi connectivity index (χ0) is 22.1. The second kappa shape index (κ2) is 8.55. The van der Waals surface area contributed by atoms with Gasteiger partial charge in [0.2, 0.25) is 0 Å². The summed E-state index contributed by atoms with van der Waals surface area (Å²) in [6.07, 6.45) is 0.977. The molecule has 0 aliphatic rings. The van der Waals surface area contributed by atoms with Crippen molar-refractivity contribution in [1.29, 1.82) is 0 Å². The van der Waals surface area contributed by atoms with Crippen LogP contribution >= 0.6 is 11.3 Å². The van der Waals surface area contributed by atoms with E-state index in [9.17, 15) is 4.79 Å². The predicted octanol–water partition coefficient (Wildman–Crippen LogP) is 5.53. The summed E-state index contributed by atoms with van der Waals surface area (Å²) >= 11 is 1.58. The van der Waals surface area contributed by atoms with E-state index in [4.69, 9.17) is 4.99 Å². The molecular weight excluding hydrogens is 404 g/mol. The van der Waals surface area contributed by atoms with Crippen molar-refractivity contribution in [2.45, 2.75) is 40.2 Å². The molecule has 4 aromatic rings. The van der Waals surface area contributed by atoms with Crippen molar-refractivity contribution in [2.75, 3.05) is 0 Å². The van der Waals surface area contributed by atoms with Gasteiger partial charge in [0.1, 0.15) is 0 Å². The SMILES string of the molecule is CCC(C)n1c(-c2ccc(C)cc2)csc1=Nc1c(C)n(C)n(-c2ccccc2)c1=O. The number of rotatable bonds is 5. The Kier molecular flexibility index (Phi) is 5.83. The Hall–Kier alpha value is -3.12. The lowest BCUT2D eigenvalue weighted by atomic mass is 10.1. The first-order valence-corrected chi connectivity index (χ1v) is 11.5. The van der Waals surface area contributed by atoms with Gasteiger partial charge in [-0.15, -0.1) is 11.3 Å². The highest BCUT2D eigenvalue weighted by Crippen LogP contribution is 2.26. The number of benzene rings is 2. The van der Waals surface area contributed by atoms with Gasteiger partial charge in [0.15, 0.2) is 10.5 Å². The van der Waals surface area contributed by atoms with Crippen LogP contribution in [0.2, 0.25) is 0 Å². The number of aromatic nitrogens is 3. The van der Waals surface area contributed by atoms with Gasteiger partial charge in [-0.1, -0.05) is 55.0 Å². The van der Waals surface area contributed by atoms with Gasteiger partial charge in [0, 0.05) is 18.5 Å². The summed E-state index contributed by atoms with van der Waals surface area (Å²) in [5.74, 6) is 0. The van der Waals surface area contributed by atoms with Crippen LogP contribution < -0.4 is 10.4 Å². The molecule has 0 aliphatic carbocycles. The Bertz CT molecular complexity index is 1320. The third-order valence-electron chi connectivity index (χ3n) is 5.85. The molecule has 0 saturated carbocycles. The van der Waals surface area contributed by atoms with Crippen molar-refractivity contribution >= 4 is 17.0 Å². The minimum Gasteiger partial charge on any atom is -0.314 e. The lowest BCUT2D eigenvalue weighted by Crippen LogP contribution is -2.21. The molecule has 5 nitrogen and oxygen atoms in total. The van der Waals surface area contributed by atoms with Crippen LogP contribution in [0, 0.1) is 13.8 Å². The minimum absolute atomic E-state index is 0.104. The smallest absolute Gasteiger partial charge is 0.297 e. The number of hydrogen-bond acceptors (Lipinski definition) is 3. The summed E-state index contributed by atoms with van der Waals surface area (Å²) in [4.78, 5) is 19.1. The van der Waals surface area contributed by atoms with Gasteiger partial charge in [-0.3, -0.25) is 9.48 Å². The summed E-state index contributed by atoms with van der Waals surface area (Å²) in [6.45, 7) is 8.41. The fraction of sp³-hybridized carbons (Fsp3) is 0.280. The van der Waals surface area contributed by atoms with Crippen LogP contribution in [-0.4, -0.2) is 13.9 Å². The van der Waals surface area contributed by atoms with E-state index in [0.717, 1.165) is 33.9 Å². The highest BCUT2D eigenvalue weighted by molar-refractivity contribution is 7.07. The second-order valence-corrected chi connectivity index (χ2v) is 8.76. The maximum Gasteiger partial charge on any atom is 0.297 e. The highest BCUT2D eigenvalue weighted by atomic mass is 32.1. The molecule has 0 N–H and O–H groups in total. The summed E-state index contributed by atoms with van der Waals surface area (Å²) < 4.78 is 5.81. The van der Waals surface area contributed by atoms with Gasteiger partial charge >= 0.3 is 0 Å². The topological polar surface area (TPSA) is 44.2 Å². The van der Waals surface area contributed by atoms with Gasteiger partial charge in [0.25, 0.3) is 5.56 Å². The third-order valence-corrected chi connectivity index (χ3v) is 6.69.